The Hall–Kier alpha value is -1.26. The molecule has 1 aromatic carbocycles. The van der Waals surface area contributed by atoms with E-state index in [4.69, 9.17) is 17.3 Å². The average Bonchev–Trinajstić information content (AvgIpc) is 2.58. The molecule has 3 nitrogen and oxygen atoms in total. The van der Waals surface area contributed by atoms with Gasteiger partial charge in [0.1, 0.15) is 0 Å². The van der Waals surface area contributed by atoms with Gasteiger partial charge in [-0.05, 0) is 23.8 Å². The zero-order chi connectivity index (χ0) is 10.8. The van der Waals surface area contributed by atoms with Crippen LogP contribution in [0.1, 0.15) is 5.56 Å². The summed E-state index contributed by atoms with van der Waals surface area (Å²) in [5, 5.41) is 2.38. The van der Waals surface area contributed by atoms with Crippen molar-refractivity contribution in [2.45, 2.75) is 6.54 Å². The van der Waals surface area contributed by atoms with Gasteiger partial charge in [-0.15, -0.1) is 0 Å². The zero-order valence-electron chi connectivity index (χ0n) is 7.81. The number of rotatable bonds is 2. The number of hydrogen-bond acceptors (Lipinski definition) is 3. The van der Waals surface area contributed by atoms with Gasteiger partial charge in [-0.1, -0.05) is 22.9 Å². The van der Waals surface area contributed by atoms with Crippen LogP contribution >= 0.6 is 22.9 Å². The maximum Gasteiger partial charge on any atom is 0.307 e. The second-order valence-corrected chi connectivity index (χ2v) is 4.41. The number of thiazole rings is 1. The van der Waals surface area contributed by atoms with Crippen LogP contribution in [0.15, 0.2) is 34.6 Å². The normalized spacial score (nSPS) is 10.5. The van der Waals surface area contributed by atoms with Crippen LogP contribution in [0.25, 0.3) is 0 Å². The summed E-state index contributed by atoms with van der Waals surface area (Å²) in [6, 6.07) is 5.26. The maximum absolute atomic E-state index is 11.3. The lowest BCUT2D eigenvalue weighted by Gasteiger charge is -2.05. The molecule has 0 saturated carbocycles. The standard InChI is InChI=1S/C10H9ClN2OS/c11-9-2-1-8(12)5-7(9)6-13-3-4-15-10(13)14/h1-5H,6,12H2. The molecule has 0 aliphatic heterocycles. The minimum Gasteiger partial charge on any atom is -0.399 e. The first-order chi connectivity index (χ1) is 7.16. The maximum atomic E-state index is 11.3. The molecule has 0 unspecified atom stereocenters. The Kier molecular flexibility index (Phi) is 2.79. The summed E-state index contributed by atoms with van der Waals surface area (Å²) in [6.45, 7) is 0.464. The predicted molar refractivity (Wildman–Crippen MR) is 63.5 cm³/mol. The summed E-state index contributed by atoms with van der Waals surface area (Å²) in [5.74, 6) is 0. The highest BCUT2D eigenvalue weighted by Crippen LogP contribution is 2.19. The minimum absolute atomic E-state index is 0.00786. The molecule has 0 spiro atoms. The largest absolute Gasteiger partial charge is 0.399 e. The quantitative estimate of drug-likeness (QED) is 0.818. The molecule has 0 saturated heterocycles. The smallest absolute Gasteiger partial charge is 0.307 e. The van der Waals surface area contributed by atoms with Crippen molar-refractivity contribution in [3.8, 4) is 0 Å². The van der Waals surface area contributed by atoms with Gasteiger partial charge in [-0.25, -0.2) is 0 Å². The minimum atomic E-state index is 0.00786. The molecule has 0 radical (unpaired) electrons. The Bertz CT molecular complexity index is 532. The average molecular weight is 241 g/mol. The molecule has 0 aliphatic carbocycles. The molecular weight excluding hydrogens is 232 g/mol. The van der Waals surface area contributed by atoms with Gasteiger partial charge in [-0.2, -0.15) is 0 Å². The molecule has 0 amide bonds. The molecule has 78 valence electrons. The van der Waals surface area contributed by atoms with Crippen molar-refractivity contribution >= 4 is 28.6 Å². The third-order valence-electron chi connectivity index (χ3n) is 2.05. The number of nitrogens with two attached hydrogens (primary N) is 1. The van der Waals surface area contributed by atoms with E-state index in [1.54, 1.807) is 34.3 Å². The lowest BCUT2D eigenvalue weighted by atomic mass is 10.2. The highest BCUT2D eigenvalue weighted by Gasteiger charge is 2.03. The first-order valence-electron chi connectivity index (χ1n) is 4.34. The molecule has 0 fully saturated rings. The van der Waals surface area contributed by atoms with Gasteiger partial charge in [0.05, 0.1) is 6.54 Å². The number of nitrogens with zero attached hydrogens (tertiary/aromatic N) is 1. The number of hydrogen-bond donors (Lipinski definition) is 1. The summed E-state index contributed by atoms with van der Waals surface area (Å²) in [4.78, 5) is 11.3. The number of nitrogen functional groups attached to an aromatic ring is 1. The molecular formula is C10H9ClN2OS. The fraction of sp³-hybridized carbons (Fsp3) is 0.100. The number of aromatic nitrogens is 1. The van der Waals surface area contributed by atoms with E-state index in [-0.39, 0.29) is 4.87 Å². The Morgan fingerprint density at radius 1 is 1.47 bits per heavy atom. The Morgan fingerprint density at radius 2 is 2.27 bits per heavy atom. The van der Waals surface area contributed by atoms with Crippen LogP contribution < -0.4 is 10.6 Å². The number of benzene rings is 1. The molecule has 2 rings (SSSR count). The Labute approximate surface area is 95.7 Å². The Morgan fingerprint density at radius 3 is 2.93 bits per heavy atom. The van der Waals surface area contributed by atoms with Crippen molar-refractivity contribution in [1.29, 1.82) is 0 Å². The molecule has 2 aromatic rings. The summed E-state index contributed by atoms with van der Waals surface area (Å²) in [7, 11) is 0. The molecule has 1 aromatic heterocycles. The second-order valence-electron chi connectivity index (χ2n) is 3.15. The molecule has 0 aliphatic rings. The lowest BCUT2D eigenvalue weighted by Crippen LogP contribution is -2.12. The number of anilines is 1. The van der Waals surface area contributed by atoms with Gasteiger partial charge < -0.3 is 10.3 Å². The SMILES string of the molecule is Nc1ccc(Cl)c(Cn2ccsc2=O)c1. The van der Waals surface area contributed by atoms with E-state index < -0.39 is 0 Å². The van der Waals surface area contributed by atoms with Gasteiger partial charge >= 0.3 is 4.87 Å². The van der Waals surface area contributed by atoms with Crippen molar-refractivity contribution < 1.29 is 0 Å². The Balaban J connectivity index is 2.36. The van der Waals surface area contributed by atoms with Crippen molar-refractivity contribution in [1.82, 2.24) is 4.57 Å². The second kappa shape index (κ2) is 4.08. The van der Waals surface area contributed by atoms with Gasteiger partial charge in [0.2, 0.25) is 0 Å². The first-order valence-corrected chi connectivity index (χ1v) is 5.60. The predicted octanol–water partition coefficient (Wildman–Crippen LogP) is 2.19. The molecule has 15 heavy (non-hydrogen) atoms. The van der Waals surface area contributed by atoms with E-state index in [2.05, 4.69) is 0 Å². The van der Waals surface area contributed by atoms with Crippen molar-refractivity contribution in [2.75, 3.05) is 5.73 Å². The topological polar surface area (TPSA) is 48.0 Å². The lowest BCUT2D eigenvalue weighted by molar-refractivity contribution is 0.784. The van der Waals surface area contributed by atoms with Crippen LogP contribution in [0.5, 0.6) is 0 Å². The fourth-order valence-corrected chi connectivity index (χ4v) is 2.07. The highest BCUT2D eigenvalue weighted by molar-refractivity contribution is 7.07. The van der Waals surface area contributed by atoms with Gasteiger partial charge in [0.25, 0.3) is 0 Å². The van der Waals surface area contributed by atoms with Crippen LogP contribution in [-0.2, 0) is 6.54 Å². The van der Waals surface area contributed by atoms with Gasteiger partial charge in [-0.3, -0.25) is 4.79 Å². The van der Waals surface area contributed by atoms with Crippen LogP contribution in [0.2, 0.25) is 5.02 Å². The van der Waals surface area contributed by atoms with E-state index in [9.17, 15) is 4.79 Å². The highest BCUT2D eigenvalue weighted by atomic mass is 35.5. The van der Waals surface area contributed by atoms with Crippen molar-refractivity contribution in [2.24, 2.45) is 0 Å². The van der Waals surface area contributed by atoms with Crippen LogP contribution in [0.4, 0.5) is 5.69 Å². The summed E-state index contributed by atoms with van der Waals surface area (Å²) in [6.07, 6.45) is 1.74. The van der Waals surface area contributed by atoms with Gasteiger partial charge in [0, 0.05) is 22.3 Å². The fourth-order valence-electron chi connectivity index (χ4n) is 1.31. The molecule has 0 atom stereocenters. The molecule has 5 heteroatoms. The summed E-state index contributed by atoms with van der Waals surface area (Å²) >= 11 is 7.16. The van der Waals surface area contributed by atoms with Crippen molar-refractivity contribution in [3.05, 3.63) is 50.0 Å². The molecule has 2 N–H and O–H groups in total. The first kappa shape index (κ1) is 10.3. The van der Waals surface area contributed by atoms with Crippen LogP contribution in [-0.4, -0.2) is 4.57 Å². The van der Waals surface area contributed by atoms with Gasteiger partial charge in [0.15, 0.2) is 0 Å². The van der Waals surface area contributed by atoms with E-state index in [0.717, 1.165) is 5.56 Å². The number of halogens is 1. The van der Waals surface area contributed by atoms with Crippen molar-refractivity contribution in [3.63, 3.8) is 0 Å². The van der Waals surface area contributed by atoms with E-state index >= 15 is 0 Å². The van der Waals surface area contributed by atoms with E-state index in [1.165, 1.54) is 11.3 Å². The summed E-state index contributed by atoms with van der Waals surface area (Å²) in [5.41, 5.74) is 7.16. The monoisotopic (exact) mass is 240 g/mol. The van der Waals surface area contributed by atoms with Crippen LogP contribution in [0, 0.1) is 0 Å². The van der Waals surface area contributed by atoms with E-state index in [1.807, 2.05) is 0 Å². The third kappa shape index (κ3) is 2.22. The zero-order valence-corrected chi connectivity index (χ0v) is 9.39. The summed E-state index contributed by atoms with van der Waals surface area (Å²) < 4.78 is 1.60. The van der Waals surface area contributed by atoms with E-state index in [0.29, 0.717) is 17.3 Å². The molecule has 1 heterocycles. The molecule has 0 bridgehead atoms. The third-order valence-corrected chi connectivity index (χ3v) is 3.12. The van der Waals surface area contributed by atoms with Crippen LogP contribution in [0.3, 0.4) is 0 Å².